The van der Waals surface area contributed by atoms with Crippen LogP contribution in [0.25, 0.3) is 16.8 Å². The Morgan fingerprint density at radius 2 is 1.79 bits per heavy atom. The number of nitrogens with one attached hydrogen (secondary N) is 1. The highest BCUT2D eigenvalue weighted by Crippen LogP contribution is 2.38. The monoisotopic (exact) mass is 548 g/mol. The van der Waals surface area contributed by atoms with E-state index < -0.39 is 65.3 Å². The molecule has 39 heavy (non-hydrogen) atoms. The molecule has 0 spiro atoms. The highest BCUT2D eigenvalue weighted by atomic mass is 19.4. The van der Waals surface area contributed by atoms with Gasteiger partial charge in [0.1, 0.15) is 29.7 Å². The number of nitrogen functional groups attached to an aromatic ring is 1. The van der Waals surface area contributed by atoms with Crippen LogP contribution in [0.1, 0.15) is 26.3 Å². The third-order valence-corrected chi connectivity index (χ3v) is 6.30. The number of alkyl halides is 4. The van der Waals surface area contributed by atoms with Gasteiger partial charge < -0.3 is 16.0 Å². The minimum absolute atomic E-state index is 0.136. The summed E-state index contributed by atoms with van der Waals surface area (Å²) in [5.41, 5.74) is 3.02. The van der Waals surface area contributed by atoms with Gasteiger partial charge in [0.05, 0.1) is 29.4 Å². The molecule has 1 aliphatic rings. The molecule has 3 heterocycles. The number of anilines is 1. The Morgan fingerprint density at radius 3 is 2.51 bits per heavy atom. The molecule has 2 aromatic heterocycles. The predicted octanol–water partition coefficient (Wildman–Crippen LogP) is 3.87. The number of carbonyl (C=O) groups excluding carboxylic acids is 2. The maximum absolute atomic E-state index is 14.7. The van der Waals surface area contributed by atoms with E-state index >= 15 is 0 Å². The van der Waals surface area contributed by atoms with Crippen LogP contribution in [-0.2, 0) is 6.18 Å². The Balaban J connectivity index is 1.42. The maximum Gasteiger partial charge on any atom is 0.418 e. The summed E-state index contributed by atoms with van der Waals surface area (Å²) in [7, 11) is 0. The average Bonchev–Trinajstić information content (AvgIpc) is 3.45. The van der Waals surface area contributed by atoms with Crippen LogP contribution >= 0.6 is 0 Å². The van der Waals surface area contributed by atoms with Gasteiger partial charge in [0, 0.05) is 17.7 Å². The molecule has 5 rings (SSSR count). The van der Waals surface area contributed by atoms with E-state index in [9.17, 15) is 35.9 Å². The molecule has 1 saturated heterocycles. The Morgan fingerprint density at radius 1 is 1.05 bits per heavy atom. The standard InChI is InChI=1S/C25H18F6N6O2/c26-14-6-12(20-8-16(25(29,30)31)21-22(32)33-11-34-37(20)21)5-13(7-14)23(38)35-19-10-36(9-18(19)28)24(39)15-3-1-2-4-17(15)27/h1-8,11,18-19H,9-10H2,(H,35,38)(H2,32,33,34)/t18-,19+/m0/s1. The number of carbonyl (C=O) groups is 2. The van der Waals surface area contributed by atoms with E-state index in [0.29, 0.717) is 6.07 Å². The van der Waals surface area contributed by atoms with E-state index in [4.69, 9.17) is 5.73 Å². The molecule has 3 N–H and O–H groups in total. The number of aromatic nitrogens is 3. The molecule has 2 aromatic carbocycles. The topological polar surface area (TPSA) is 106 Å². The molecule has 0 saturated carbocycles. The van der Waals surface area contributed by atoms with Crippen molar-refractivity contribution in [2.75, 3.05) is 18.8 Å². The zero-order valence-electron chi connectivity index (χ0n) is 19.7. The zero-order valence-corrected chi connectivity index (χ0v) is 19.7. The van der Waals surface area contributed by atoms with Gasteiger partial charge in [-0.1, -0.05) is 12.1 Å². The van der Waals surface area contributed by atoms with Gasteiger partial charge in [0.25, 0.3) is 11.8 Å². The fraction of sp³-hybridized carbons (Fsp3) is 0.200. The van der Waals surface area contributed by atoms with Gasteiger partial charge in [-0.15, -0.1) is 0 Å². The number of benzene rings is 2. The number of halogens is 6. The van der Waals surface area contributed by atoms with Crippen molar-refractivity contribution in [2.24, 2.45) is 0 Å². The summed E-state index contributed by atoms with van der Waals surface area (Å²) in [5.74, 6) is -3.89. The van der Waals surface area contributed by atoms with Gasteiger partial charge in [-0.2, -0.15) is 18.3 Å². The first-order chi connectivity index (χ1) is 18.4. The lowest BCUT2D eigenvalue weighted by atomic mass is 10.1. The van der Waals surface area contributed by atoms with E-state index in [2.05, 4.69) is 15.4 Å². The van der Waals surface area contributed by atoms with Crippen molar-refractivity contribution in [3.8, 4) is 11.3 Å². The normalized spacial score (nSPS) is 17.5. The molecule has 2 atom stereocenters. The smallest absolute Gasteiger partial charge is 0.382 e. The van der Waals surface area contributed by atoms with Crippen molar-refractivity contribution in [1.29, 1.82) is 0 Å². The van der Waals surface area contributed by atoms with Crippen molar-refractivity contribution in [1.82, 2.24) is 24.8 Å². The second-order valence-electron chi connectivity index (χ2n) is 8.86. The number of rotatable bonds is 4. The van der Waals surface area contributed by atoms with Crippen LogP contribution in [0.3, 0.4) is 0 Å². The quantitative estimate of drug-likeness (QED) is 0.377. The van der Waals surface area contributed by atoms with Crippen LogP contribution in [0, 0.1) is 11.6 Å². The van der Waals surface area contributed by atoms with Gasteiger partial charge in [-0.25, -0.2) is 22.7 Å². The summed E-state index contributed by atoms with van der Waals surface area (Å²) in [6.45, 7) is -0.694. The summed E-state index contributed by atoms with van der Waals surface area (Å²) in [6.07, 6.45) is -5.61. The molecule has 0 aliphatic carbocycles. The van der Waals surface area contributed by atoms with Crippen LogP contribution in [0.15, 0.2) is 54.9 Å². The van der Waals surface area contributed by atoms with Crippen LogP contribution in [0.2, 0.25) is 0 Å². The van der Waals surface area contributed by atoms with E-state index in [-0.39, 0.29) is 28.9 Å². The Kier molecular flexibility index (Phi) is 6.40. The number of hydrogen-bond donors (Lipinski definition) is 2. The number of hydrogen-bond acceptors (Lipinski definition) is 5. The van der Waals surface area contributed by atoms with Crippen LogP contribution in [0.5, 0.6) is 0 Å². The first kappa shape index (κ1) is 26.0. The fourth-order valence-corrected chi connectivity index (χ4v) is 4.48. The van der Waals surface area contributed by atoms with E-state index in [1.165, 1.54) is 18.2 Å². The summed E-state index contributed by atoms with van der Waals surface area (Å²) < 4.78 is 85.1. The fourth-order valence-electron chi connectivity index (χ4n) is 4.48. The Bertz CT molecular complexity index is 1600. The molecular weight excluding hydrogens is 530 g/mol. The summed E-state index contributed by atoms with van der Waals surface area (Å²) in [5, 5.41) is 6.17. The third kappa shape index (κ3) is 4.84. The first-order valence-electron chi connectivity index (χ1n) is 11.4. The molecule has 0 unspecified atom stereocenters. The second kappa shape index (κ2) is 9.60. The predicted molar refractivity (Wildman–Crippen MR) is 126 cm³/mol. The van der Waals surface area contributed by atoms with E-state index in [1.807, 2.05) is 0 Å². The molecule has 2 amide bonds. The summed E-state index contributed by atoms with van der Waals surface area (Å²) >= 11 is 0. The van der Waals surface area contributed by atoms with Gasteiger partial charge in [0.15, 0.2) is 5.82 Å². The zero-order chi connectivity index (χ0) is 28.1. The van der Waals surface area contributed by atoms with Crippen molar-refractivity contribution in [3.63, 3.8) is 0 Å². The van der Waals surface area contributed by atoms with Crippen molar-refractivity contribution in [3.05, 3.63) is 83.2 Å². The molecule has 0 radical (unpaired) electrons. The Hall–Kier alpha value is -4.62. The molecule has 4 aromatic rings. The van der Waals surface area contributed by atoms with Gasteiger partial charge in [-0.05, 0) is 36.4 Å². The number of nitrogens with two attached hydrogens (primary N) is 1. The first-order valence-corrected chi connectivity index (χ1v) is 11.4. The van der Waals surface area contributed by atoms with E-state index in [0.717, 1.165) is 40.0 Å². The van der Waals surface area contributed by atoms with Gasteiger partial charge in [0.2, 0.25) is 0 Å². The van der Waals surface area contributed by atoms with E-state index in [1.54, 1.807) is 0 Å². The largest absolute Gasteiger partial charge is 0.418 e. The minimum Gasteiger partial charge on any atom is -0.382 e. The van der Waals surface area contributed by atoms with Gasteiger partial charge >= 0.3 is 6.18 Å². The summed E-state index contributed by atoms with van der Waals surface area (Å²) in [4.78, 5) is 30.2. The maximum atomic E-state index is 14.7. The Labute approximate surface area is 216 Å². The lowest BCUT2D eigenvalue weighted by Crippen LogP contribution is -2.41. The number of fused-ring (bicyclic) bond motifs is 1. The molecular formula is C25H18F6N6O2. The average molecular weight is 548 g/mol. The van der Waals surface area contributed by atoms with Crippen molar-refractivity contribution < 1.29 is 35.9 Å². The number of nitrogens with zero attached hydrogens (tertiary/aromatic N) is 4. The molecule has 1 aliphatic heterocycles. The lowest BCUT2D eigenvalue weighted by Gasteiger charge is -2.17. The number of likely N-dealkylation sites (tertiary alicyclic amines) is 1. The van der Waals surface area contributed by atoms with Crippen LogP contribution in [-0.4, -0.2) is 56.6 Å². The SMILES string of the molecule is Nc1ncnn2c(-c3cc(F)cc(C(=O)N[C@@H]4CN(C(=O)c5ccccc5F)C[C@@H]4F)c3)cc(C(F)(F)F)c12. The molecule has 202 valence electrons. The summed E-state index contributed by atoms with van der Waals surface area (Å²) in [6, 6.07) is 7.54. The molecule has 8 nitrogen and oxygen atoms in total. The van der Waals surface area contributed by atoms with Crippen molar-refractivity contribution in [2.45, 2.75) is 18.4 Å². The van der Waals surface area contributed by atoms with Crippen LogP contribution < -0.4 is 11.1 Å². The number of amides is 2. The highest BCUT2D eigenvalue weighted by molar-refractivity contribution is 5.97. The molecule has 14 heteroatoms. The third-order valence-electron chi connectivity index (χ3n) is 6.30. The van der Waals surface area contributed by atoms with Gasteiger partial charge in [-0.3, -0.25) is 9.59 Å². The highest BCUT2D eigenvalue weighted by Gasteiger charge is 2.38. The molecule has 1 fully saturated rings. The lowest BCUT2D eigenvalue weighted by molar-refractivity contribution is -0.136. The molecule has 0 bridgehead atoms. The van der Waals surface area contributed by atoms with Crippen LogP contribution in [0.4, 0.5) is 32.2 Å². The minimum atomic E-state index is -4.83. The second-order valence-corrected chi connectivity index (χ2v) is 8.86. The van der Waals surface area contributed by atoms with Crippen molar-refractivity contribution >= 4 is 23.1 Å².